The molecule has 0 aromatic heterocycles. The van der Waals surface area contributed by atoms with Gasteiger partial charge in [0.15, 0.2) is 0 Å². The Kier molecular flexibility index (Phi) is 10.9. The number of esters is 1. The van der Waals surface area contributed by atoms with Crippen LogP contribution in [0, 0.1) is 11.8 Å². The zero-order chi connectivity index (χ0) is 22.7. The zero-order valence-corrected chi connectivity index (χ0v) is 19.7. The van der Waals surface area contributed by atoms with E-state index in [4.69, 9.17) is 14.2 Å². The Hall–Kier alpha value is -2.08. The predicted octanol–water partition coefficient (Wildman–Crippen LogP) is 5.46. The van der Waals surface area contributed by atoms with E-state index in [1.165, 1.54) is 0 Å². The Labute approximate surface area is 181 Å². The Balaban J connectivity index is 3.18. The van der Waals surface area contributed by atoms with E-state index < -0.39 is 11.6 Å². The van der Waals surface area contributed by atoms with Crippen molar-refractivity contribution >= 4 is 17.6 Å². The van der Waals surface area contributed by atoms with Gasteiger partial charge in [-0.2, -0.15) is 0 Å². The normalized spacial score (nSPS) is 11.6. The highest BCUT2D eigenvalue weighted by atomic mass is 16.5. The van der Waals surface area contributed by atoms with Crippen LogP contribution < -0.4 is 10.1 Å². The van der Waals surface area contributed by atoms with Gasteiger partial charge in [-0.3, -0.25) is 4.79 Å². The van der Waals surface area contributed by atoms with Gasteiger partial charge in [0.25, 0.3) is 5.91 Å². The van der Waals surface area contributed by atoms with Crippen LogP contribution in [-0.4, -0.2) is 37.8 Å². The molecule has 0 radical (unpaired) electrons. The molecule has 0 bridgehead atoms. The summed E-state index contributed by atoms with van der Waals surface area (Å²) in [6.45, 7) is 12.9. The van der Waals surface area contributed by atoms with Gasteiger partial charge in [0.2, 0.25) is 0 Å². The van der Waals surface area contributed by atoms with Gasteiger partial charge in [0.05, 0.1) is 13.2 Å². The SMILES string of the molecule is CCCCOc1ccc(NC(=O)C(CC(C)C)(CC(C)C)OC)cc1C(=O)OCC. The van der Waals surface area contributed by atoms with Crippen LogP contribution in [0.4, 0.5) is 5.69 Å². The minimum absolute atomic E-state index is 0.207. The maximum Gasteiger partial charge on any atom is 0.341 e. The summed E-state index contributed by atoms with van der Waals surface area (Å²) < 4.78 is 16.7. The van der Waals surface area contributed by atoms with Crippen molar-refractivity contribution in [1.29, 1.82) is 0 Å². The number of hydrogen-bond donors (Lipinski definition) is 1. The molecule has 170 valence electrons. The topological polar surface area (TPSA) is 73.9 Å². The average molecular weight is 422 g/mol. The second kappa shape index (κ2) is 12.6. The Morgan fingerprint density at radius 3 is 2.20 bits per heavy atom. The predicted molar refractivity (Wildman–Crippen MR) is 120 cm³/mol. The third kappa shape index (κ3) is 7.63. The van der Waals surface area contributed by atoms with Crippen LogP contribution in [0.2, 0.25) is 0 Å². The van der Waals surface area contributed by atoms with Crippen LogP contribution in [0.1, 0.15) is 77.6 Å². The van der Waals surface area contributed by atoms with Gasteiger partial charge in [-0.1, -0.05) is 41.0 Å². The standard InChI is InChI=1S/C24H39NO5/c1-8-10-13-30-21-12-11-19(14-20(21)22(26)29-9-2)25-23(27)24(28-7,15-17(3)4)16-18(5)6/h11-12,14,17-18H,8-10,13,15-16H2,1-7H3,(H,25,27). The van der Waals surface area contributed by atoms with Gasteiger partial charge >= 0.3 is 5.97 Å². The monoisotopic (exact) mass is 421 g/mol. The first kappa shape index (κ1) is 26.0. The van der Waals surface area contributed by atoms with E-state index in [1.807, 2.05) is 0 Å². The average Bonchev–Trinajstić information content (AvgIpc) is 2.67. The molecule has 1 aromatic rings. The molecular weight excluding hydrogens is 382 g/mol. The van der Waals surface area contributed by atoms with Crippen molar-refractivity contribution in [1.82, 2.24) is 0 Å². The quantitative estimate of drug-likeness (QED) is 0.338. The molecule has 30 heavy (non-hydrogen) atoms. The summed E-state index contributed by atoms with van der Waals surface area (Å²) >= 11 is 0. The summed E-state index contributed by atoms with van der Waals surface area (Å²) in [5, 5.41) is 2.95. The largest absolute Gasteiger partial charge is 0.493 e. The van der Waals surface area contributed by atoms with Crippen molar-refractivity contribution in [2.75, 3.05) is 25.6 Å². The zero-order valence-electron chi connectivity index (χ0n) is 19.7. The van der Waals surface area contributed by atoms with Crippen LogP contribution in [0.15, 0.2) is 18.2 Å². The number of ether oxygens (including phenoxy) is 3. The number of methoxy groups -OCH3 is 1. The maximum absolute atomic E-state index is 13.3. The second-order valence-corrected chi connectivity index (χ2v) is 8.48. The number of nitrogens with one attached hydrogen (secondary N) is 1. The van der Waals surface area contributed by atoms with E-state index >= 15 is 0 Å². The molecule has 0 saturated carbocycles. The molecule has 1 N–H and O–H groups in total. The lowest BCUT2D eigenvalue weighted by molar-refractivity contribution is -0.142. The first-order valence-corrected chi connectivity index (χ1v) is 11.0. The maximum atomic E-state index is 13.3. The van der Waals surface area contributed by atoms with E-state index in [-0.39, 0.29) is 12.5 Å². The Morgan fingerprint density at radius 1 is 1.07 bits per heavy atom. The van der Waals surface area contributed by atoms with Crippen LogP contribution in [0.3, 0.4) is 0 Å². The third-order valence-corrected chi connectivity index (χ3v) is 4.77. The highest BCUT2D eigenvalue weighted by molar-refractivity contribution is 5.99. The molecule has 6 heteroatoms. The molecule has 0 fully saturated rings. The first-order chi connectivity index (χ1) is 14.2. The van der Waals surface area contributed by atoms with E-state index in [0.717, 1.165) is 12.8 Å². The van der Waals surface area contributed by atoms with Gasteiger partial charge in [0.1, 0.15) is 16.9 Å². The van der Waals surface area contributed by atoms with E-state index in [0.29, 0.717) is 48.3 Å². The number of carbonyl (C=O) groups is 2. The van der Waals surface area contributed by atoms with E-state index in [1.54, 1.807) is 32.2 Å². The molecule has 1 aromatic carbocycles. The van der Waals surface area contributed by atoms with Crippen molar-refractivity contribution in [2.45, 2.75) is 72.8 Å². The van der Waals surface area contributed by atoms with Gasteiger partial charge in [-0.05, 0) is 56.2 Å². The van der Waals surface area contributed by atoms with Gasteiger partial charge in [-0.25, -0.2) is 4.79 Å². The number of unbranched alkanes of at least 4 members (excludes halogenated alkanes) is 1. The lowest BCUT2D eigenvalue weighted by atomic mass is 9.84. The van der Waals surface area contributed by atoms with Crippen molar-refractivity contribution in [3.8, 4) is 5.75 Å². The van der Waals surface area contributed by atoms with Crippen LogP contribution >= 0.6 is 0 Å². The van der Waals surface area contributed by atoms with Crippen molar-refractivity contribution in [3.63, 3.8) is 0 Å². The summed E-state index contributed by atoms with van der Waals surface area (Å²) in [5.41, 5.74) is -0.107. The van der Waals surface area contributed by atoms with E-state index in [2.05, 4.69) is 39.9 Å². The smallest absolute Gasteiger partial charge is 0.341 e. The molecule has 1 amide bonds. The summed E-state index contributed by atoms with van der Waals surface area (Å²) in [7, 11) is 1.58. The molecule has 0 aliphatic heterocycles. The minimum atomic E-state index is -0.928. The number of benzene rings is 1. The fourth-order valence-electron chi connectivity index (χ4n) is 3.52. The fourth-order valence-corrected chi connectivity index (χ4v) is 3.52. The number of rotatable bonds is 13. The summed E-state index contributed by atoms with van der Waals surface area (Å²) in [5.74, 6) is 0.365. The summed E-state index contributed by atoms with van der Waals surface area (Å²) in [6.07, 6.45) is 3.10. The fraction of sp³-hybridized carbons (Fsp3) is 0.667. The number of carbonyl (C=O) groups excluding carboxylic acids is 2. The molecule has 0 heterocycles. The molecule has 0 spiro atoms. The molecule has 0 aliphatic rings. The molecule has 0 atom stereocenters. The molecule has 1 rings (SSSR count). The molecule has 0 saturated heterocycles. The highest BCUT2D eigenvalue weighted by Gasteiger charge is 2.39. The van der Waals surface area contributed by atoms with Crippen molar-refractivity contribution in [3.05, 3.63) is 23.8 Å². The van der Waals surface area contributed by atoms with Crippen LogP contribution in [-0.2, 0) is 14.3 Å². The minimum Gasteiger partial charge on any atom is -0.493 e. The van der Waals surface area contributed by atoms with Gasteiger partial charge in [-0.15, -0.1) is 0 Å². The number of amides is 1. The Bertz CT molecular complexity index is 674. The van der Waals surface area contributed by atoms with Crippen molar-refractivity contribution < 1.29 is 23.8 Å². The number of anilines is 1. The Morgan fingerprint density at radius 2 is 1.70 bits per heavy atom. The number of hydrogen-bond acceptors (Lipinski definition) is 5. The van der Waals surface area contributed by atoms with Crippen molar-refractivity contribution in [2.24, 2.45) is 11.8 Å². The van der Waals surface area contributed by atoms with E-state index in [9.17, 15) is 9.59 Å². The molecule has 0 unspecified atom stereocenters. The van der Waals surface area contributed by atoms with Crippen LogP contribution in [0.25, 0.3) is 0 Å². The summed E-state index contributed by atoms with van der Waals surface area (Å²) in [6, 6.07) is 5.06. The molecule has 6 nitrogen and oxygen atoms in total. The van der Waals surface area contributed by atoms with Gasteiger partial charge in [0, 0.05) is 12.8 Å². The lowest BCUT2D eigenvalue weighted by Crippen LogP contribution is -2.47. The molecular formula is C24H39NO5. The first-order valence-electron chi connectivity index (χ1n) is 11.0. The summed E-state index contributed by atoms with van der Waals surface area (Å²) in [4.78, 5) is 25.7. The lowest BCUT2D eigenvalue weighted by Gasteiger charge is -2.34. The van der Waals surface area contributed by atoms with Gasteiger partial charge < -0.3 is 19.5 Å². The highest BCUT2D eigenvalue weighted by Crippen LogP contribution is 2.31. The molecule has 0 aliphatic carbocycles. The van der Waals surface area contributed by atoms with Crippen LogP contribution in [0.5, 0.6) is 5.75 Å². The third-order valence-electron chi connectivity index (χ3n) is 4.77. The second-order valence-electron chi connectivity index (χ2n) is 8.48.